The Labute approximate surface area is 162 Å². The fraction of sp³-hybridized carbons (Fsp3) is 0.263. The van der Waals surface area contributed by atoms with Gasteiger partial charge in [-0.3, -0.25) is 4.72 Å². The average molecular weight is 403 g/mol. The molecule has 0 radical (unpaired) electrons. The third-order valence-electron chi connectivity index (χ3n) is 4.12. The van der Waals surface area contributed by atoms with E-state index < -0.39 is 15.8 Å². The van der Waals surface area contributed by atoms with E-state index in [0.717, 1.165) is 29.5 Å². The molecule has 3 rings (SSSR count). The van der Waals surface area contributed by atoms with Gasteiger partial charge in [0.05, 0.1) is 17.7 Å². The number of methoxy groups -OCH3 is 1. The summed E-state index contributed by atoms with van der Waals surface area (Å²) in [7, 11) is -2.37. The fourth-order valence-corrected chi connectivity index (χ4v) is 3.67. The Morgan fingerprint density at radius 1 is 1.11 bits per heavy atom. The van der Waals surface area contributed by atoms with Gasteiger partial charge in [0.2, 0.25) is 0 Å². The molecule has 148 valence electrons. The second-order valence-corrected chi connectivity index (χ2v) is 7.83. The van der Waals surface area contributed by atoms with Crippen LogP contribution in [0.3, 0.4) is 0 Å². The zero-order valence-electron chi connectivity index (χ0n) is 15.6. The molecular formula is C19H21N3O5S. The minimum absolute atomic E-state index is 0.155. The molecule has 0 aliphatic heterocycles. The first-order valence-corrected chi connectivity index (χ1v) is 10.3. The monoisotopic (exact) mass is 403 g/mol. The number of benzene rings is 2. The van der Waals surface area contributed by atoms with Crippen molar-refractivity contribution in [2.75, 3.05) is 11.8 Å². The van der Waals surface area contributed by atoms with Gasteiger partial charge in [-0.05, 0) is 54.8 Å². The van der Waals surface area contributed by atoms with E-state index in [2.05, 4.69) is 16.7 Å². The van der Waals surface area contributed by atoms with Crippen LogP contribution in [0.25, 0.3) is 5.69 Å². The lowest BCUT2D eigenvalue weighted by Crippen LogP contribution is -2.14. The molecule has 2 aromatic carbocycles. The first-order chi connectivity index (χ1) is 13.4. The van der Waals surface area contributed by atoms with Crippen molar-refractivity contribution in [3.05, 3.63) is 64.6 Å². The van der Waals surface area contributed by atoms with Gasteiger partial charge in [-0.15, -0.1) is 0 Å². The van der Waals surface area contributed by atoms with Crippen molar-refractivity contribution in [1.29, 1.82) is 0 Å². The molecule has 0 bridgehead atoms. The van der Waals surface area contributed by atoms with E-state index in [1.165, 1.54) is 19.2 Å². The molecule has 0 spiro atoms. The highest BCUT2D eigenvalue weighted by atomic mass is 32.2. The highest BCUT2D eigenvalue weighted by molar-refractivity contribution is 7.92. The molecule has 1 N–H and O–H groups in total. The molecule has 1 aromatic heterocycles. The van der Waals surface area contributed by atoms with Gasteiger partial charge in [0.15, 0.2) is 0 Å². The van der Waals surface area contributed by atoms with Crippen LogP contribution in [-0.2, 0) is 16.4 Å². The van der Waals surface area contributed by atoms with Crippen LogP contribution in [-0.4, -0.2) is 25.3 Å². The first-order valence-electron chi connectivity index (χ1n) is 8.79. The molecule has 0 fully saturated rings. The van der Waals surface area contributed by atoms with E-state index in [9.17, 15) is 13.2 Å². The van der Waals surface area contributed by atoms with Crippen molar-refractivity contribution < 1.29 is 17.6 Å². The summed E-state index contributed by atoms with van der Waals surface area (Å²) < 4.78 is 38.2. The summed E-state index contributed by atoms with van der Waals surface area (Å²) in [5, 5.41) is 3.86. The van der Waals surface area contributed by atoms with Crippen LogP contribution in [0.15, 0.2) is 62.6 Å². The minimum atomic E-state index is -3.71. The van der Waals surface area contributed by atoms with Crippen LogP contribution in [0.1, 0.15) is 25.3 Å². The van der Waals surface area contributed by atoms with Crippen molar-refractivity contribution in [1.82, 2.24) is 9.78 Å². The summed E-state index contributed by atoms with van der Waals surface area (Å²) in [6.45, 7) is 2.11. The van der Waals surface area contributed by atoms with E-state index in [-0.39, 0.29) is 11.0 Å². The van der Waals surface area contributed by atoms with Crippen molar-refractivity contribution in [2.45, 2.75) is 31.1 Å². The van der Waals surface area contributed by atoms with Crippen molar-refractivity contribution in [2.24, 2.45) is 0 Å². The predicted molar refractivity (Wildman–Crippen MR) is 105 cm³/mol. The molecule has 0 aliphatic carbocycles. The first kappa shape index (κ1) is 19.7. The smallest absolute Gasteiger partial charge is 0.444 e. The Balaban J connectivity index is 1.75. The van der Waals surface area contributed by atoms with Gasteiger partial charge in [-0.1, -0.05) is 30.6 Å². The number of aryl methyl sites for hydroxylation is 1. The summed E-state index contributed by atoms with van der Waals surface area (Å²) in [4.78, 5) is 11.9. The Morgan fingerprint density at radius 3 is 2.36 bits per heavy atom. The molecule has 0 saturated heterocycles. The normalized spacial score (nSPS) is 11.4. The Kier molecular flexibility index (Phi) is 5.84. The van der Waals surface area contributed by atoms with Gasteiger partial charge in [0, 0.05) is 5.69 Å². The molecule has 0 atom stereocenters. The van der Waals surface area contributed by atoms with Crippen LogP contribution in [0.4, 0.5) is 5.69 Å². The maximum Gasteiger partial charge on any atom is 0.444 e. The average Bonchev–Trinajstić information content (AvgIpc) is 3.08. The van der Waals surface area contributed by atoms with Gasteiger partial charge >= 0.3 is 11.8 Å². The number of ether oxygens (including phenoxy) is 1. The topological polar surface area (TPSA) is 103 Å². The number of anilines is 1. The molecule has 9 heteroatoms. The van der Waals surface area contributed by atoms with Crippen LogP contribution in [0.5, 0.6) is 6.08 Å². The zero-order chi connectivity index (χ0) is 20.1. The molecule has 0 aliphatic rings. The van der Waals surface area contributed by atoms with Crippen molar-refractivity contribution in [3.8, 4) is 11.8 Å². The van der Waals surface area contributed by atoms with Crippen LogP contribution in [0.2, 0.25) is 0 Å². The zero-order valence-corrected chi connectivity index (χ0v) is 16.4. The number of rotatable bonds is 8. The van der Waals surface area contributed by atoms with Crippen LogP contribution < -0.4 is 15.2 Å². The third kappa shape index (κ3) is 4.42. The standard InChI is InChI=1S/C19H21N3O5S/c1-3-4-5-14-6-12-17(13-7-14)28(24,25)21-15-8-10-16(11-9-15)22-19(23)27-18(20-22)26-2/h6-13,21H,3-5H2,1-2H3. The summed E-state index contributed by atoms with van der Waals surface area (Å²) in [6.07, 6.45) is 2.93. The molecule has 28 heavy (non-hydrogen) atoms. The minimum Gasteiger partial charge on any atom is -0.452 e. The van der Waals surface area contributed by atoms with Crippen LogP contribution >= 0.6 is 0 Å². The Morgan fingerprint density at radius 2 is 1.79 bits per heavy atom. The fourth-order valence-electron chi connectivity index (χ4n) is 2.61. The van der Waals surface area contributed by atoms with E-state index in [0.29, 0.717) is 11.4 Å². The number of nitrogens with zero attached hydrogens (tertiary/aromatic N) is 2. The lowest BCUT2D eigenvalue weighted by atomic mass is 10.1. The van der Waals surface area contributed by atoms with E-state index in [4.69, 9.17) is 9.15 Å². The van der Waals surface area contributed by atoms with Crippen molar-refractivity contribution in [3.63, 3.8) is 0 Å². The molecule has 0 amide bonds. The van der Waals surface area contributed by atoms with Gasteiger partial charge in [0.25, 0.3) is 10.0 Å². The van der Waals surface area contributed by atoms with Crippen LogP contribution in [0, 0.1) is 0 Å². The molecule has 3 aromatic rings. The van der Waals surface area contributed by atoms with Gasteiger partial charge < -0.3 is 9.15 Å². The maximum atomic E-state index is 12.6. The SMILES string of the molecule is CCCCc1ccc(S(=O)(=O)Nc2ccc(-n3nc(OC)oc3=O)cc2)cc1. The highest BCUT2D eigenvalue weighted by Crippen LogP contribution is 2.19. The van der Waals surface area contributed by atoms with E-state index in [1.54, 1.807) is 24.3 Å². The lowest BCUT2D eigenvalue weighted by molar-refractivity contribution is 0.282. The second kappa shape index (κ2) is 8.30. The molecule has 0 unspecified atom stereocenters. The lowest BCUT2D eigenvalue weighted by Gasteiger charge is -2.09. The molecule has 8 nitrogen and oxygen atoms in total. The van der Waals surface area contributed by atoms with Gasteiger partial charge in [-0.25, -0.2) is 13.2 Å². The molecule has 1 heterocycles. The molecule has 0 saturated carbocycles. The predicted octanol–water partition coefficient (Wildman–Crippen LogP) is 2.98. The van der Waals surface area contributed by atoms with Crippen molar-refractivity contribution >= 4 is 15.7 Å². The summed E-state index contributed by atoms with van der Waals surface area (Å²) in [6, 6.07) is 13.0. The number of aromatic nitrogens is 2. The van der Waals surface area contributed by atoms with Gasteiger partial charge in [0.1, 0.15) is 0 Å². The third-order valence-corrected chi connectivity index (χ3v) is 5.52. The number of unbranched alkanes of at least 4 members (excludes halogenated alkanes) is 1. The molecular weight excluding hydrogens is 382 g/mol. The highest BCUT2D eigenvalue weighted by Gasteiger charge is 2.15. The van der Waals surface area contributed by atoms with E-state index >= 15 is 0 Å². The number of nitrogens with one attached hydrogen (secondary N) is 1. The second-order valence-electron chi connectivity index (χ2n) is 6.15. The Bertz CT molecular complexity index is 1080. The number of sulfonamides is 1. The number of hydrogen-bond donors (Lipinski definition) is 1. The van der Waals surface area contributed by atoms with Gasteiger partial charge in [-0.2, -0.15) is 4.68 Å². The summed E-state index contributed by atoms with van der Waals surface area (Å²) in [5.74, 6) is -0.701. The van der Waals surface area contributed by atoms with E-state index in [1.807, 2.05) is 12.1 Å². The quantitative estimate of drug-likeness (QED) is 0.620. The largest absolute Gasteiger partial charge is 0.452 e. The maximum absolute atomic E-state index is 12.6. The number of hydrogen-bond acceptors (Lipinski definition) is 6. The summed E-state index contributed by atoms with van der Waals surface area (Å²) >= 11 is 0. The summed E-state index contributed by atoms with van der Waals surface area (Å²) in [5.41, 5.74) is 1.89. The Hall–Kier alpha value is -3.07.